The molecule has 2 aromatic rings. The molecule has 1 aliphatic rings. The number of esters is 2. The third kappa shape index (κ3) is 5.85. The number of nitro benzene ring substituents is 1. The van der Waals surface area contributed by atoms with Gasteiger partial charge in [-0.2, -0.15) is 0 Å². The summed E-state index contributed by atoms with van der Waals surface area (Å²) in [6, 6.07) is 11.3. The van der Waals surface area contributed by atoms with Crippen LogP contribution in [0.1, 0.15) is 28.8 Å². The molecule has 1 aliphatic heterocycles. The maximum Gasteiger partial charge on any atom is 0.337 e. The molecule has 0 spiro atoms. The minimum absolute atomic E-state index is 0.0294. The molecule has 1 N–H and O–H groups in total. The molecule has 0 bridgehead atoms. The fourth-order valence-electron chi connectivity index (χ4n) is 3.68. The highest BCUT2D eigenvalue weighted by Gasteiger charge is 2.29. The lowest BCUT2D eigenvalue weighted by Crippen LogP contribution is -2.37. The summed E-state index contributed by atoms with van der Waals surface area (Å²) in [4.78, 5) is 49.1. The van der Waals surface area contributed by atoms with Crippen molar-refractivity contribution in [3.05, 3.63) is 63.7 Å². The van der Waals surface area contributed by atoms with E-state index in [2.05, 4.69) is 10.1 Å². The third-order valence-corrected chi connectivity index (χ3v) is 5.53. The molecule has 0 radical (unpaired) electrons. The van der Waals surface area contributed by atoms with Crippen LogP contribution in [0.2, 0.25) is 0 Å². The molecule has 1 heterocycles. The van der Waals surface area contributed by atoms with E-state index >= 15 is 0 Å². The monoisotopic (exact) mass is 455 g/mol. The fourth-order valence-corrected chi connectivity index (χ4v) is 3.68. The Morgan fingerprint density at radius 3 is 2.52 bits per heavy atom. The lowest BCUT2D eigenvalue weighted by molar-refractivity contribution is -0.384. The molecule has 33 heavy (non-hydrogen) atoms. The highest BCUT2D eigenvalue weighted by Crippen LogP contribution is 2.31. The Balaban J connectivity index is 1.51. The van der Waals surface area contributed by atoms with Gasteiger partial charge in [0.2, 0.25) is 0 Å². The molecule has 0 aromatic heterocycles. The summed E-state index contributed by atoms with van der Waals surface area (Å²) >= 11 is 0. The summed E-state index contributed by atoms with van der Waals surface area (Å²) in [6.45, 7) is 2.26. The van der Waals surface area contributed by atoms with E-state index in [-0.39, 0.29) is 11.6 Å². The van der Waals surface area contributed by atoms with Crippen LogP contribution >= 0.6 is 0 Å². The van der Waals surface area contributed by atoms with Crippen molar-refractivity contribution in [2.24, 2.45) is 5.92 Å². The van der Waals surface area contributed by atoms with E-state index in [0.717, 1.165) is 5.56 Å². The van der Waals surface area contributed by atoms with E-state index in [1.54, 1.807) is 37.3 Å². The second-order valence-electron chi connectivity index (χ2n) is 7.68. The molecule has 0 atom stereocenters. The van der Waals surface area contributed by atoms with E-state index in [1.165, 1.54) is 19.2 Å². The number of anilines is 2. The Kier molecular flexibility index (Phi) is 7.60. The van der Waals surface area contributed by atoms with E-state index in [1.807, 2.05) is 4.90 Å². The number of carbonyl (C=O) groups is 3. The van der Waals surface area contributed by atoms with Crippen molar-refractivity contribution in [1.82, 2.24) is 0 Å². The minimum atomic E-state index is -0.524. The van der Waals surface area contributed by atoms with Crippen LogP contribution in [-0.2, 0) is 19.1 Å². The predicted molar refractivity (Wildman–Crippen MR) is 120 cm³/mol. The Hall–Kier alpha value is -3.95. The third-order valence-electron chi connectivity index (χ3n) is 5.53. The SMILES string of the molecule is COC(=O)c1ccc(C)c(NC(=O)COC(=O)C2CCN(c3ccccc3[N+](=O)[O-])CC2)c1. The van der Waals surface area contributed by atoms with Gasteiger partial charge in [0.05, 0.1) is 23.5 Å². The van der Waals surface area contributed by atoms with Crippen molar-refractivity contribution in [1.29, 1.82) is 0 Å². The molecular formula is C23H25N3O7. The van der Waals surface area contributed by atoms with Gasteiger partial charge < -0.3 is 19.7 Å². The number of aryl methyl sites for hydroxylation is 1. The van der Waals surface area contributed by atoms with Crippen LogP contribution in [0, 0.1) is 23.0 Å². The average Bonchev–Trinajstić information content (AvgIpc) is 2.83. The van der Waals surface area contributed by atoms with Gasteiger partial charge in [0.15, 0.2) is 6.61 Å². The molecule has 3 rings (SSSR count). The molecule has 2 aromatic carbocycles. The number of benzene rings is 2. The van der Waals surface area contributed by atoms with Crippen LogP contribution in [0.3, 0.4) is 0 Å². The molecule has 1 amide bonds. The summed E-state index contributed by atoms with van der Waals surface area (Å²) in [6.07, 6.45) is 0.930. The average molecular weight is 455 g/mol. The summed E-state index contributed by atoms with van der Waals surface area (Å²) in [5.74, 6) is -1.91. The summed E-state index contributed by atoms with van der Waals surface area (Å²) < 4.78 is 9.87. The van der Waals surface area contributed by atoms with Crippen molar-refractivity contribution in [3.8, 4) is 0 Å². The Morgan fingerprint density at radius 1 is 1.15 bits per heavy atom. The van der Waals surface area contributed by atoms with Crippen molar-refractivity contribution in [2.75, 3.05) is 37.0 Å². The molecule has 1 saturated heterocycles. The van der Waals surface area contributed by atoms with Gasteiger partial charge in [-0.15, -0.1) is 0 Å². The Morgan fingerprint density at radius 2 is 1.85 bits per heavy atom. The molecule has 0 aliphatic carbocycles. The molecule has 10 nitrogen and oxygen atoms in total. The number of ether oxygens (including phenoxy) is 2. The van der Waals surface area contributed by atoms with Crippen molar-refractivity contribution in [3.63, 3.8) is 0 Å². The van der Waals surface area contributed by atoms with Crippen molar-refractivity contribution in [2.45, 2.75) is 19.8 Å². The first kappa shape index (κ1) is 23.7. The Labute approximate surface area is 190 Å². The molecule has 0 saturated carbocycles. The zero-order valence-electron chi connectivity index (χ0n) is 18.4. The number of nitrogens with zero attached hydrogens (tertiary/aromatic N) is 2. The minimum Gasteiger partial charge on any atom is -0.465 e. The van der Waals surface area contributed by atoms with E-state index in [9.17, 15) is 24.5 Å². The van der Waals surface area contributed by atoms with Crippen LogP contribution in [0.15, 0.2) is 42.5 Å². The number of piperidine rings is 1. The van der Waals surface area contributed by atoms with Crippen LogP contribution in [0.25, 0.3) is 0 Å². The topological polar surface area (TPSA) is 128 Å². The van der Waals surface area contributed by atoms with Gasteiger partial charge >= 0.3 is 11.9 Å². The number of para-hydroxylation sites is 2. The van der Waals surface area contributed by atoms with Gasteiger partial charge in [-0.3, -0.25) is 19.7 Å². The second kappa shape index (κ2) is 10.6. The largest absolute Gasteiger partial charge is 0.465 e. The zero-order valence-corrected chi connectivity index (χ0v) is 18.4. The van der Waals surface area contributed by atoms with Gasteiger partial charge in [0.25, 0.3) is 11.6 Å². The first-order valence-corrected chi connectivity index (χ1v) is 10.4. The standard InChI is InChI=1S/C23H25N3O7/c1-15-7-8-17(22(28)32-2)13-18(15)24-21(27)14-33-23(29)16-9-11-25(12-10-16)19-5-3-4-6-20(19)26(30)31/h3-8,13,16H,9-12,14H2,1-2H3,(H,24,27). The summed E-state index contributed by atoms with van der Waals surface area (Å²) in [5.41, 5.74) is 2.02. The van der Waals surface area contributed by atoms with E-state index in [0.29, 0.717) is 42.9 Å². The van der Waals surface area contributed by atoms with Gasteiger partial charge in [0, 0.05) is 24.8 Å². The summed E-state index contributed by atoms with van der Waals surface area (Å²) in [7, 11) is 1.27. The van der Waals surface area contributed by atoms with Gasteiger partial charge in [0.1, 0.15) is 5.69 Å². The fraction of sp³-hybridized carbons (Fsp3) is 0.348. The van der Waals surface area contributed by atoms with Crippen molar-refractivity contribution < 1.29 is 28.8 Å². The maximum atomic E-state index is 12.4. The number of rotatable bonds is 7. The predicted octanol–water partition coefficient (Wildman–Crippen LogP) is 3.09. The number of amides is 1. The highest BCUT2D eigenvalue weighted by molar-refractivity contribution is 5.96. The van der Waals surface area contributed by atoms with E-state index in [4.69, 9.17) is 4.74 Å². The smallest absolute Gasteiger partial charge is 0.337 e. The number of nitro groups is 1. The number of carbonyl (C=O) groups excluding carboxylic acids is 3. The molecular weight excluding hydrogens is 430 g/mol. The first-order valence-electron chi connectivity index (χ1n) is 10.4. The van der Waals surface area contributed by atoms with Gasteiger partial charge in [-0.25, -0.2) is 4.79 Å². The normalized spacial score (nSPS) is 13.8. The van der Waals surface area contributed by atoms with Crippen LogP contribution < -0.4 is 10.2 Å². The molecule has 1 fully saturated rings. The summed E-state index contributed by atoms with van der Waals surface area (Å²) in [5, 5.41) is 13.9. The zero-order chi connectivity index (χ0) is 24.0. The first-order chi connectivity index (χ1) is 15.8. The number of hydrogen-bond acceptors (Lipinski definition) is 8. The lowest BCUT2D eigenvalue weighted by Gasteiger charge is -2.32. The quantitative estimate of drug-likeness (QED) is 0.383. The van der Waals surface area contributed by atoms with Gasteiger partial charge in [-0.05, 0) is 43.5 Å². The number of hydrogen-bond donors (Lipinski definition) is 1. The van der Waals surface area contributed by atoms with Gasteiger partial charge in [-0.1, -0.05) is 18.2 Å². The number of nitrogens with one attached hydrogen (secondary N) is 1. The second-order valence-corrected chi connectivity index (χ2v) is 7.68. The maximum absolute atomic E-state index is 12.4. The van der Waals surface area contributed by atoms with Crippen LogP contribution in [0.4, 0.5) is 17.1 Å². The highest BCUT2D eigenvalue weighted by atomic mass is 16.6. The number of methoxy groups -OCH3 is 1. The lowest BCUT2D eigenvalue weighted by atomic mass is 9.96. The molecule has 0 unspecified atom stereocenters. The Bertz CT molecular complexity index is 1060. The van der Waals surface area contributed by atoms with Crippen LogP contribution in [-0.4, -0.2) is 49.6 Å². The van der Waals surface area contributed by atoms with Crippen molar-refractivity contribution >= 4 is 34.9 Å². The molecule has 10 heteroatoms. The molecule has 174 valence electrons. The van der Waals surface area contributed by atoms with E-state index < -0.39 is 29.4 Å². The van der Waals surface area contributed by atoms with Crippen LogP contribution in [0.5, 0.6) is 0 Å².